The van der Waals surface area contributed by atoms with E-state index in [1.54, 1.807) is 44.6 Å². The van der Waals surface area contributed by atoms with Crippen LogP contribution in [0.3, 0.4) is 0 Å². The summed E-state index contributed by atoms with van der Waals surface area (Å²) < 4.78 is 11.5. The number of ether oxygens (including phenoxy) is 2. The van der Waals surface area contributed by atoms with Gasteiger partial charge in [0.25, 0.3) is 0 Å². The summed E-state index contributed by atoms with van der Waals surface area (Å²) in [5.41, 5.74) is -0.267. The lowest BCUT2D eigenvalue weighted by atomic mass is 10.2. The Morgan fingerprint density at radius 2 is 2.10 bits per heavy atom. The molecule has 0 radical (unpaired) electrons. The molecule has 0 bridgehead atoms. The zero-order chi connectivity index (χ0) is 15.2. The Kier molecular flexibility index (Phi) is 5.54. The summed E-state index contributed by atoms with van der Waals surface area (Å²) in [5.74, 6) is -0.452. The van der Waals surface area contributed by atoms with Crippen molar-refractivity contribution in [2.24, 2.45) is 0 Å². The van der Waals surface area contributed by atoms with Crippen LogP contribution < -0.4 is 5.32 Å². The van der Waals surface area contributed by atoms with Crippen LogP contribution in [-0.2, 0) is 16.0 Å². The van der Waals surface area contributed by atoms with Crippen LogP contribution in [0, 0.1) is 0 Å². The topological polar surface area (TPSA) is 82.5 Å². The summed E-state index contributed by atoms with van der Waals surface area (Å²) >= 11 is 0. The maximum atomic E-state index is 11.4. The fourth-order valence-electron chi connectivity index (χ4n) is 1.39. The van der Waals surface area contributed by atoms with Gasteiger partial charge in [0.15, 0.2) is 5.69 Å². The van der Waals surface area contributed by atoms with Crippen molar-refractivity contribution in [3.63, 3.8) is 0 Å². The van der Waals surface area contributed by atoms with E-state index in [4.69, 9.17) is 9.47 Å². The predicted molar refractivity (Wildman–Crippen MR) is 72.4 cm³/mol. The van der Waals surface area contributed by atoms with Crippen molar-refractivity contribution < 1.29 is 19.1 Å². The van der Waals surface area contributed by atoms with Gasteiger partial charge in [0, 0.05) is 12.7 Å². The molecule has 0 aliphatic rings. The first-order valence-corrected chi connectivity index (χ1v) is 6.49. The van der Waals surface area contributed by atoms with E-state index < -0.39 is 17.7 Å². The van der Waals surface area contributed by atoms with Gasteiger partial charge in [-0.15, -0.1) is 0 Å². The molecule has 1 heterocycles. The number of nitrogens with zero attached hydrogens (tertiary/aromatic N) is 2. The van der Waals surface area contributed by atoms with Gasteiger partial charge < -0.3 is 14.8 Å². The highest BCUT2D eigenvalue weighted by Crippen LogP contribution is 2.06. The van der Waals surface area contributed by atoms with Gasteiger partial charge in [0.05, 0.1) is 13.2 Å². The van der Waals surface area contributed by atoms with Gasteiger partial charge in [-0.25, -0.2) is 9.59 Å². The Morgan fingerprint density at radius 1 is 1.40 bits per heavy atom. The van der Waals surface area contributed by atoms with Gasteiger partial charge in [-0.3, -0.25) is 4.68 Å². The minimum Gasteiger partial charge on any atom is -0.461 e. The number of alkyl carbamates (subject to hydrolysis) is 1. The van der Waals surface area contributed by atoms with Crippen molar-refractivity contribution in [1.82, 2.24) is 15.1 Å². The van der Waals surface area contributed by atoms with Crippen LogP contribution in [0.5, 0.6) is 0 Å². The van der Waals surface area contributed by atoms with Crippen molar-refractivity contribution in [1.29, 1.82) is 0 Å². The normalized spacial score (nSPS) is 11.0. The van der Waals surface area contributed by atoms with Crippen molar-refractivity contribution in [2.75, 3.05) is 13.2 Å². The van der Waals surface area contributed by atoms with Crippen LogP contribution in [0.4, 0.5) is 4.79 Å². The summed E-state index contributed by atoms with van der Waals surface area (Å²) in [6, 6.07) is 1.57. The zero-order valence-corrected chi connectivity index (χ0v) is 12.3. The minimum absolute atomic E-state index is 0.254. The number of aromatic nitrogens is 2. The Hall–Kier alpha value is -2.05. The van der Waals surface area contributed by atoms with Crippen molar-refractivity contribution in [3.05, 3.63) is 18.0 Å². The molecule has 0 atom stereocenters. The number of hydrogen-bond acceptors (Lipinski definition) is 5. The Balaban J connectivity index is 2.36. The van der Waals surface area contributed by atoms with E-state index in [0.29, 0.717) is 19.7 Å². The Labute approximate surface area is 118 Å². The molecule has 1 aromatic heterocycles. The third kappa shape index (κ3) is 5.73. The zero-order valence-electron chi connectivity index (χ0n) is 12.3. The van der Waals surface area contributed by atoms with Crippen LogP contribution >= 0.6 is 0 Å². The van der Waals surface area contributed by atoms with Crippen molar-refractivity contribution >= 4 is 12.1 Å². The third-order valence-corrected chi connectivity index (χ3v) is 2.13. The number of nitrogens with one attached hydrogen (secondary N) is 1. The summed E-state index contributed by atoms with van der Waals surface area (Å²) in [4.78, 5) is 22.8. The monoisotopic (exact) mass is 283 g/mol. The molecule has 1 N–H and O–H groups in total. The molecule has 20 heavy (non-hydrogen) atoms. The molecule has 0 saturated heterocycles. The van der Waals surface area contributed by atoms with Crippen LogP contribution in [0.25, 0.3) is 0 Å². The molecule has 7 heteroatoms. The lowest BCUT2D eigenvalue weighted by Gasteiger charge is -2.19. The fraction of sp³-hybridized carbons (Fsp3) is 0.615. The maximum absolute atomic E-state index is 11.4. The van der Waals surface area contributed by atoms with Crippen molar-refractivity contribution in [3.8, 4) is 0 Å². The average Bonchev–Trinajstić information content (AvgIpc) is 2.75. The van der Waals surface area contributed by atoms with Crippen molar-refractivity contribution in [2.45, 2.75) is 39.8 Å². The first-order chi connectivity index (χ1) is 9.31. The van der Waals surface area contributed by atoms with Gasteiger partial charge in [-0.1, -0.05) is 0 Å². The van der Waals surface area contributed by atoms with E-state index >= 15 is 0 Å². The Morgan fingerprint density at radius 3 is 2.70 bits per heavy atom. The molecule has 1 aromatic rings. The first-order valence-electron chi connectivity index (χ1n) is 6.49. The number of carbonyl (C=O) groups is 2. The lowest BCUT2D eigenvalue weighted by Crippen LogP contribution is -2.34. The molecule has 0 aliphatic heterocycles. The number of amides is 1. The van der Waals surface area contributed by atoms with E-state index in [9.17, 15) is 9.59 Å². The van der Waals surface area contributed by atoms with Crippen LogP contribution in [0.1, 0.15) is 38.2 Å². The molecule has 7 nitrogen and oxygen atoms in total. The molecule has 0 unspecified atom stereocenters. The fourth-order valence-corrected chi connectivity index (χ4v) is 1.39. The van der Waals surface area contributed by atoms with Gasteiger partial charge in [0.2, 0.25) is 0 Å². The van der Waals surface area contributed by atoms with E-state index in [-0.39, 0.29) is 5.69 Å². The quantitative estimate of drug-likeness (QED) is 0.830. The van der Waals surface area contributed by atoms with Gasteiger partial charge in [-0.05, 0) is 33.8 Å². The second kappa shape index (κ2) is 6.93. The second-order valence-electron chi connectivity index (χ2n) is 5.11. The van der Waals surface area contributed by atoms with Crippen LogP contribution in [0.2, 0.25) is 0 Å². The molecule has 112 valence electrons. The summed E-state index contributed by atoms with van der Waals surface area (Å²) in [5, 5.41) is 6.66. The molecule has 1 rings (SSSR count). The lowest BCUT2D eigenvalue weighted by molar-refractivity contribution is 0.0507. The van der Waals surface area contributed by atoms with E-state index in [1.807, 2.05) is 0 Å². The number of carbonyl (C=O) groups excluding carboxylic acids is 2. The summed E-state index contributed by atoms with van der Waals surface area (Å²) in [6.45, 7) is 8.24. The average molecular weight is 283 g/mol. The highest BCUT2D eigenvalue weighted by Gasteiger charge is 2.15. The van der Waals surface area contributed by atoms with E-state index in [2.05, 4.69) is 10.4 Å². The first kappa shape index (κ1) is 16.0. The number of rotatable bonds is 5. The smallest absolute Gasteiger partial charge is 0.407 e. The van der Waals surface area contributed by atoms with E-state index in [0.717, 1.165) is 0 Å². The van der Waals surface area contributed by atoms with E-state index in [1.165, 1.54) is 0 Å². The van der Waals surface area contributed by atoms with Gasteiger partial charge >= 0.3 is 12.1 Å². The molecule has 0 spiro atoms. The Bertz CT molecular complexity index is 462. The summed E-state index contributed by atoms with van der Waals surface area (Å²) in [6.07, 6.45) is 1.18. The molecular formula is C13H21N3O4. The highest BCUT2D eigenvalue weighted by atomic mass is 16.6. The SMILES string of the molecule is CCOC(=O)c1ccn(CCNC(=O)OC(C)(C)C)n1. The largest absolute Gasteiger partial charge is 0.461 e. The molecular weight excluding hydrogens is 262 g/mol. The van der Waals surface area contributed by atoms with Gasteiger partial charge in [0.1, 0.15) is 5.60 Å². The summed E-state index contributed by atoms with van der Waals surface area (Å²) in [7, 11) is 0. The van der Waals surface area contributed by atoms with Crippen LogP contribution in [-0.4, -0.2) is 40.6 Å². The molecule has 0 aliphatic carbocycles. The molecule has 0 fully saturated rings. The predicted octanol–water partition coefficient (Wildman–Crippen LogP) is 1.58. The molecule has 0 aromatic carbocycles. The number of esters is 1. The minimum atomic E-state index is -0.521. The maximum Gasteiger partial charge on any atom is 0.407 e. The molecule has 1 amide bonds. The standard InChI is InChI=1S/C13H21N3O4/c1-5-19-11(17)10-6-8-16(15-10)9-7-14-12(18)20-13(2,3)4/h6,8H,5,7,9H2,1-4H3,(H,14,18). The third-order valence-electron chi connectivity index (χ3n) is 2.13. The van der Waals surface area contributed by atoms with Crippen LogP contribution in [0.15, 0.2) is 12.3 Å². The molecule has 0 saturated carbocycles. The number of hydrogen-bond donors (Lipinski definition) is 1. The van der Waals surface area contributed by atoms with Gasteiger partial charge in [-0.2, -0.15) is 5.10 Å². The highest BCUT2D eigenvalue weighted by molar-refractivity contribution is 5.86. The second-order valence-corrected chi connectivity index (χ2v) is 5.11.